The molecule has 0 bridgehead atoms. The van der Waals surface area contributed by atoms with E-state index in [2.05, 4.69) is 15.2 Å². The van der Waals surface area contributed by atoms with Crippen molar-refractivity contribution < 1.29 is 0 Å². The van der Waals surface area contributed by atoms with E-state index in [1.807, 2.05) is 0 Å². The van der Waals surface area contributed by atoms with Crippen molar-refractivity contribution >= 4 is 28.8 Å². The van der Waals surface area contributed by atoms with E-state index >= 15 is 0 Å². The Balaban J connectivity index is 2.73. The zero-order valence-electron chi connectivity index (χ0n) is 5.91. The summed E-state index contributed by atoms with van der Waals surface area (Å²) >= 11 is 11.2. The molecule has 4 nitrogen and oxygen atoms in total. The molecule has 12 heavy (non-hydrogen) atoms. The number of nitrogens with zero attached hydrogens (tertiary/aromatic N) is 4. The van der Waals surface area contributed by atoms with Gasteiger partial charge in [0.15, 0.2) is 11.5 Å². The van der Waals surface area contributed by atoms with Gasteiger partial charge in [0.2, 0.25) is 0 Å². The molecule has 2 aromatic heterocycles. The van der Waals surface area contributed by atoms with Gasteiger partial charge in [-0.25, -0.2) is 4.98 Å². The Morgan fingerprint density at radius 2 is 2.25 bits per heavy atom. The molecule has 0 atom stereocenters. The summed E-state index contributed by atoms with van der Waals surface area (Å²) in [5.74, 6) is 0.973. The Morgan fingerprint density at radius 3 is 3.00 bits per heavy atom. The molecular weight excluding hydrogens is 199 g/mol. The summed E-state index contributed by atoms with van der Waals surface area (Å²) in [6.07, 6.45) is 1.55. The third-order valence-electron chi connectivity index (χ3n) is 1.46. The lowest BCUT2D eigenvalue weighted by atomic mass is 10.6. The second-order valence-electron chi connectivity index (χ2n) is 2.19. The smallest absolute Gasteiger partial charge is 0.165 e. The predicted octanol–water partition coefficient (Wildman–Crippen LogP) is 1.52. The standard InChI is InChI=1S/C6H4Cl2N4/c7-2-6-11-10-5-1-4(8)9-3-12(5)6/h1,3H,2H2. The van der Waals surface area contributed by atoms with Crippen molar-refractivity contribution in [2.45, 2.75) is 5.88 Å². The third-order valence-corrected chi connectivity index (χ3v) is 1.90. The molecule has 0 radical (unpaired) electrons. The van der Waals surface area contributed by atoms with E-state index in [9.17, 15) is 0 Å². The highest BCUT2D eigenvalue weighted by Crippen LogP contribution is 2.09. The summed E-state index contributed by atoms with van der Waals surface area (Å²) < 4.78 is 1.69. The average molecular weight is 203 g/mol. The van der Waals surface area contributed by atoms with E-state index in [1.54, 1.807) is 16.8 Å². The van der Waals surface area contributed by atoms with E-state index in [-0.39, 0.29) is 0 Å². The van der Waals surface area contributed by atoms with E-state index < -0.39 is 0 Å². The third kappa shape index (κ3) is 1.13. The van der Waals surface area contributed by atoms with Gasteiger partial charge in [0, 0.05) is 6.07 Å². The van der Waals surface area contributed by atoms with Crippen molar-refractivity contribution in [1.82, 2.24) is 19.6 Å². The Bertz CT molecular complexity index is 411. The summed E-state index contributed by atoms with van der Waals surface area (Å²) in [5, 5.41) is 8.09. The Hall–Kier alpha value is -0.870. The average Bonchev–Trinajstić information content (AvgIpc) is 2.46. The van der Waals surface area contributed by atoms with Crippen molar-refractivity contribution in [1.29, 1.82) is 0 Å². The number of alkyl halides is 1. The van der Waals surface area contributed by atoms with Gasteiger partial charge in [-0.15, -0.1) is 21.8 Å². The van der Waals surface area contributed by atoms with Crippen LogP contribution in [0.25, 0.3) is 5.65 Å². The lowest BCUT2D eigenvalue weighted by Crippen LogP contribution is -1.91. The highest BCUT2D eigenvalue weighted by atomic mass is 35.5. The van der Waals surface area contributed by atoms with Crippen LogP contribution >= 0.6 is 23.2 Å². The molecule has 0 aliphatic carbocycles. The molecule has 0 aromatic carbocycles. The highest BCUT2D eigenvalue weighted by Gasteiger charge is 2.03. The highest BCUT2D eigenvalue weighted by molar-refractivity contribution is 6.29. The summed E-state index contributed by atoms with van der Waals surface area (Å²) in [4.78, 5) is 3.88. The van der Waals surface area contributed by atoms with Gasteiger partial charge in [-0.1, -0.05) is 11.6 Å². The van der Waals surface area contributed by atoms with Gasteiger partial charge in [-0.3, -0.25) is 4.40 Å². The number of rotatable bonds is 1. The number of halogens is 2. The summed E-state index contributed by atoms with van der Waals surface area (Å²) in [6, 6.07) is 1.63. The SMILES string of the molecule is ClCc1nnc2cc(Cl)ncn12. The predicted molar refractivity (Wildman–Crippen MR) is 45.3 cm³/mol. The zero-order valence-corrected chi connectivity index (χ0v) is 7.42. The van der Waals surface area contributed by atoms with Gasteiger partial charge in [-0.2, -0.15) is 0 Å². The van der Waals surface area contributed by atoms with E-state index in [0.29, 0.717) is 22.5 Å². The largest absolute Gasteiger partial charge is 0.268 e. The van der Waals surface area contributed by atoms with Crippen LogP contribution < -0.4 is 0 Å². The number of fused-ring (bicyclic) bond motifs is 1. The van der Waals surface area contributed by atoms with Gasteiger partial charge in [0.05, 0.1) is 5.88 Å². The fraction of sp³-hybridized carbons (Fsp3) is 0.167. The minimum absolute atomic E-state index is 0.310. The van der Waals surface area contributed by atoms with Crippen LogP contribution in [0.5, 0.6) is 0 Å². The number of hydrogen-bond donors (Lipinski definition) is 0. The minimum Gasteiger partial charge on any atom is -0.268 e. The Kier molecular flexibility index (Phi) is 1.86. The molecule has 0 fully saturated rings. The van der Waals surface area contributed by atoms with Gasteiger partial charge in [0.25, 0.3) is 0 Å². The molecule has 0 unspecified atom stereocenters. The van der Waals surface area contributed by atoms with Crippen LogP contribution in [0, 0.1) is 0 Å². The normalized spacial score (nSPS) is 10.8. The first-order chi connectivity index (χ1) is 5.81. The molecule has 0 spiro atoms. The first-order valence-corrected chi connectivity index (χ1v) is 4.13. The first kappa shape index (κ1) is 7.76. The second-order valence-corrected chi connectivity index (χ2v) is 2.84. The van der Waals surface area contributed by atoms with Crippen LogP contribution in [0.4, 0.5) is 0 Å². The fourth-order valence-electron chi connectivity index (χ4n) is 0.910. The molecule has 0 aliphatic rings. The molecule has 0 saturated carbocycles. The maximum absolute atomic E-state index is 5.65. The van der Waals surface area contributed by atoms with Crippen LogP contribution in [0.1, 0.15) is 5.82 Å². The van der Waals surface area contributed by atoms with Gasteiger partial charge in [-0.05, 0) is 0 Å². The van der Waals surface area contributed by atoms with Crippen molar-refractivity contribution in [3.8, 4) is 0 Å². The molecule has 2 heterocycles. The summed E-state index contributed by atoms with van der Waals surface area (Å²) in [5.41, 5.74) is 0.658. The molecule has 0 amide bonds. The van der Waals surface area contributed by atoms with Crippen molar-refractivity contribution in [2.24, 2.45) is 0 Å². The lowest BCUT2D eigenvalue weighted by Gasteiger charge is -1.93. The van der Waals surface area contributed by atoms with Crippen LogP contribution in [-0.4, -0.2) is 19.6 Å². The molecule has 0 N–H and O–H groups in total. The molecule has 0 aliphatic heterocycles. The Morgan fingerprint density at radius 1 is 1.42 bits per heavy atom. The monoisotopic (exact) mass is 202 g/mol. The topological polar surface area (TPSA) is 43.1 Å². The Labute approximate surface area is 78.1 Å². The van der Waals surface area contributed by atoms with E-state index in [4.69, 9.17) is 23.2 Å². The van der Waals surface area contributed by atoms with Crippen molar-refractivity contribution in [2.75, 3.05) is 0 Å². The lowest BCUT2D eigenvalue weighted by molar-refractivity contribution is 0.965. The van der Waals surface area contributed by atoms with Gasteiger partial charge in [0.1, 0.15) is 11.5 Å². The molecule has 6 heteroatoms. The van der Waals surface area contributed by atoms with Crippen molar-refractivity contribution in [3.05, 3.63) is 23.4 Å². The second kappa shape index (κ2) is 2.88. The van der Waals surface area contributed by atoms with Crippen LogP contribution in [0.2, 0.25) is 5.15 Å². The van der Waals surface area contributed by atoms with Gasteiger partial charge < -0.3 is 0 Å². The maximum Gasteiger partial charge on any atom is 0.165 e. The zero-order chi connectivity index (χ0) is 8.55. The molecule has 0 saturated heterocycles. The quantitative estimate of drug-likeness (QED) is 0.521. The van der Waals surface area contributed by atoms with Gasteiger partial charge >= 0.3 is 0 Å². The number of hydrogen-bond acceptors (Lipinski definition) is 3. The van der Waals surface area contributed by atoms with E-state index in [1.165, 1.54) is 0 Å². The molecule has 2 rings (SSSR count). The maximum atomic E-state index is 5.65. The summed E-state index contributed by atoms with van der Waals surface area (Å²) in [6.45, 7) is 0. The molecule has 62 valence electrons. The van der Waals surface area contributed by atoms with Crippen molar-refractivity contribution in [3.63, 3.8) is 0 Å². The van der Waals surface area contributed by atoms with Crippen LogP contribution in [-0.2, 0) is 5.88 Å². The number of aromatic nitrogens is 4. The molecule has 2 aromatic rings. The van der Waals surface area contributed by atoms with Crippen LogP contribution in [0.15, 0.2) is 12.4 Å². The van der Waals surface area contributed by atoms with E-state index in [0.717, 1.165) is 0 Å². The fourth-order valence-corrected chi connectivity index (χ4v) is 1.23. The van der Waals surface area contributed by atoms with Crippen LogP contribution in [0.3, 0.4) is 0 Å². The minimum atomic E-state index is 0.310. The summed E-state index contributed by atoms with van der Waals surface area (Å²) in [7, 11) is 0. The first-order valence-electron chi connectivity index (χ1n) is 3.22. The molecular formula is C6H4Cl2N4.